The van der Waals surface area contributed by atoms with Gasteiger partial charge in [-0.25, -0.2) is 4.98 Å². The second-order valence-corrected chi connectivity index (χ2v) is 5.44. The second kappa shape index (κ2) is 6.06. The average molecular weight is 281 g/mol. The van der Waals surface area contributed by atoms with Crippen LogP contribution in [0.15, 0.2) is 48.7 Å². The van der Waals surface area contributed by atoms with Crippen molar-refractivity contribution >= 4 is 12.1 Å². The number of piperidine rings is 1. The van der Waals surface area contributed by atoms with Gasteiger partial charge in [-0.05, 0) is 30.5 Å². The van der Waals surface area contributed by atoms with Crippen molar-refractivity contribution in [3.63, 3.8) is 0 Å². The predicted molar refractivity (Wildman–Crippen MR) is 83.4 cm³/mol. The molecule has 1 aliphatic heterocycles. The summed E-state index contributed by atoms with van der Waals surface area (Å²) in [4.78, 5) is 17.9. The first-order valence-electron chi connectivity index (χ1n) is 7.27. The fourth-order valence-electron chi connectivity index (χ4n) is 2.98. The molecule has 1 fully saturated rings. The molecular weight excluding hydrogens is 262 g/mol. The Kier molecular flexibility index (Phi) is 3.97. The Hall–Kier alpha value is -2.20. The van der Waals surface area contributed by atoms with Gasteiger partial charge in [0.25, 0.3) is 0 Å². The average Bonchev–Trinajstić information content (AvgIpc) is 2.55. The first-order valence-corrected chi connectivity index (χ1v) is 7.27. The molecule has 1 aromatic carbocycles. The minimum atomic E-state index is 0.170. The number of aromatic nitrogens is 1. The highest BCUT2D eigenvalue weighted by Gasteiger charge is 2.29. The molecule has 1 aromatic heterocycles. The Morgan fingerprint density at radius 2 is 2.00 bits per heavy atom. The quantitative estimate of drug-likeness (QED) is 0.878. The van der Waals surface area contributed by atoms with Gasteiger partial charge in [-0.1, -0.05) is 30.3 Å². The van der Waals surface area contributed by atoms with Gasteiger partial charge in [0, 0.05) is 18.8 Å². The maximum Gasteiger partial charge on any atom is 0.153 e. The van der Waals surface area contributed by atoms with Crippen LogP contribution in [0.1, 0.15) is 34.8 Å². The van der Waals surface area contributed by atoms with Crippen LogP contribution in [-0.4, -0.2) is 23.9 Å². The van der Waals surface area contributed by atoms with Gasteiger partial charge >= 0.3 is 0 Å². The number of nitrogens with two attached hydrogens (primary N) is 1. The van der Waals surface area contributed by atoms with Crippen molar-refractivity contribution in [2.24, 2.45) is 5.73 Å². The summed E-state index contributed by atoms with van der Waals surface area (Å²) < 4.78 is 0. The van der Waals surface area contributed by atoms with Crippen molar-refractivity contribution in [2.45, 2.75) is 24.9 Å². The SMILES string of the molecule is NC1CCN(c2ncccc2C=O)C(c2ccccc2)C1. The van der Waals surface area contributed by atoms with Gasteiger partial charge in [-0.2, -0.15) is 0 Å². The summed E-state index contributed by atoms with van der Waals surface area (Å²) in [7, 11) is 0. The molecule has 2 aromatic rings. The van der Waals surface area contributed by atoms with Crippen LogP contribution in [0.3, 0.4) is 0 Å². The van der Waals surface area contributed by atoms with E-state index in [1.165, 1.54) is 5.56 Å². The zero-order valence-electron chi connectivity index (χ0n) is 11.9. The molecular formula is C17H19N3O. The standard InChI is InChI=1S/C17H19N3O/c18-15-8-10-20(17-14(12-21)7-4-9-19-17)16(11-15)13-5-2-1-3-6-13/h1-7,9,12,15-16H,8,10-11,18H2. The molecule has 4 heteroatoms. The number of nitrogens with zero attached hydrogens (tertiary/aromatic N) is 2. The normalized spacial score (nSPS) is 22.0. The van der Waals surface area contributed by atoms with Gasteiger partial charge in [0.05, 0.1) is 11.6 Å². The van der Waals surface area contributed by atoms with Crippen molar-refractivity contribution in [3.05, 3.63) is 59.8 Å². The molecule has 108 valence electrons. The van der Waals surface area contributed by atoms with Gasteiger partial charge in [0.15, 0.2) is 6.29 Å². The molecule has 2 atom stereocenters. The lowest BCUT2D eigenvalue weighted by atomic mass is 9.92. The lowest BCUT2D eigenvalue weighted by molar-refractivity contribution is 0.112. The van der Waals surface area contributed by atoms with Gasteiger partial charge in [0.1, 0.15) is 5.82 Å². The van der Waals surface area contributed by atoms with Crippen molar-refractivity contribution in [1.82, 2.24) is 4.98 Å². The molecule has 21 heavy (non-hydrogen) atoms. The first kappa shape index (κ1) is 13.8. The lowest BCUT2D eigenvalue weighted by Crippen LogP contribution is -2.43. The number of hydrogen-bond acceptors (Lipinski definition) is 4. The molecule has 2 N–H and O–H groups in total. The number of rotatable bonds is 3. The van der Waals surface area contributed by atoms with Gasteiger partial charge < -0.3 is 10.6 Å². The highest BCUT2D eigenvalue weighted by molar-refractivity contribution is 5.82. The fraction of sp³-hybridized carbons (Fsp3) is 0.294. The van der Waals surface area contributed by atoms with E-state index in [4.69, 9.17) is 5.73 Å². The molecule has 0 aliphatic carbocycles. The van der Waals surface area contributed by atoms with Crippen LogP contribution in [0.25, 0.3) is 0 Å². The molecule has 1 saturated heterocycles. The zero-order valence-corrected chi connectivity index (χ0v) is 11.9. The monoisotopic (exact) mass is 281 g/mol. The zero-order chi connectivity index (χ0) is 14.7. The fourth-order valence-corrected chi connectivity index (χ4v) is 2.98. The van der Waals surface area contributed by atoms with E-state index in [1.54, 1.807) is 12.3 Å². The highest BCUT2D eigenvalue weighted by atomic mass is 16.1. The van der Waals surface area contributed by atoms with E-state index < -0.39 is 0 Å². The minimum Gasteiger partial charge on any atom is -0.349 e. The summed E-state index contributed by atoms with van der Waals surface area (Å²) in [5.74, 6) is 0.758. The Labute approximate surface area is 124 Å². The number of carbonyl (C=O) groups is 1. The minimum absolute atomic E-state index is 0.170. The molecule has 0 bridgehead atoms. The summed E-state index contributed by atoms with van der Waals surface area (Å²) in [5.41, 5.74) is 8.01. The van der Waals surface area contributed by atoms with Crippen LogP contribution in [0.4, 0.5) is 5.82 Å². The van der Waals surface area contributed by atoms with Gasteiger partial charge in [0.2, 0.25) is 0 Å². The van der Waals surface area contributed by atoms with Crippen LogP contribution < -0.4 is 10.6 Å². The maximum atomic E-state index is 11.3. The Balaban J connectivity index is 2.00. The maximum absolute atomic E-state index is 11.3. The van der Waals surface area contributed by atoms with Gasteiger partial charge in [-0.15, -0.1) is 0 Å². The van der Waals surface area contributed by atoms with E-state index in [0.29, 0.717) is 5.56 Å². The molecule has 3 rings (SSSR count). The van der Waals surface area contributed by atoms with Crippen LogP contribution in [0, 0.1) is 0 Å². The molecule has 0 saturated carbocycles. The predicted octanol–water partition coefficient (Wildman–Crippen LogP) is 2.56. The highest BCUT2D eigenvalue weighted by Crippen LogP contribution is 2.34. The summed E-state index contributed by atoms with van der Waals surface area (Å²) in [6, 6.07) is 14.3. The van der Waals surface area contributed by atoms with Crippen LogP contribution in [0.2, 0.25) is 0 Å². The Morgan fingerprint density at radius 3 is 2.76 bits per heavy atom. The van der Waals surface area contributed by atoms with Crippen LogP contribution >= 0.6 is 0 Å². The third-order valence-corrected chi connectivity index (χ3v) is 4.04. The Morgan fingerprint density at radius 1 is 1.19 bits per heavy atom. The van der Waals surface area contributed by atoms with E-state index in [2.05, 4.69) is 22.0 Å². The molecule has 4 nitrogen and oxygen atoms in total. The second-order valence-electron chi connectivity index (χ2n) is 5.44. The summed E-state index contributed by atoms with van der Waals surface area (Å²) in [6.45, 7) is 0.818. The lowest BCUT2D eigenvalue weighted by Gasteiger charge is -2.40. The van der Waals surface area contributed by atoms with E-state index >= 15 is 0 Å². The van der Waals surface area contributed by atoms with Crippen molar-refractivity contribution < 1.29 is 4.79 Å². The van der Waals surface area contributed by atoms with Crippen molar-refractivity contribution in [2.75, 3.05) is 11.4 Å². The number of benzene rings is 1. The smallest absolute Gasteiger partial charge is 0.153 e. The van der Waals surface area contributed by atoms with E-state index in [-0.39, 0.29) is 12.1 Å². The van der Waals surface area contributed by atoms with Gasteiger partial charge in [-0.3, -0.25) is 4.79 Å². The summed E-state index contributed by atoms with van der Waals surface area (Å²) >= 11 is 0. The molecule has 2 unspecified atom stereocenters. The first-order chi connectivity index (χ1) is 10.3. The van der Waals surface area contributed by atoms with Crippen molar-refractivity contribution in [3.8, 4) is 0 Å². The number of anilines is 1. The number of pyridine rings is 1. The largest absolute Gasteiger partial charge is 0.349 e. The summed E-state index contributed by atoms with van der Waals surface area (Å²) in [6.07, 6.45) is 4.40. The topological polar surface area (TPSA) is 59.2 Å². The number of aldehydes is 1. The molecule has 0 amide bonds. The van der Waals surface area contributed by atoms with E-state index in [0.717, 1.165) is 31.5 Å². The Bertz CT molecular complexity index is 614. The van der Waals surface area contributed by atoms with Crippen molar-refractivity contribution in [1.29, 1.82) is 0 Å². The summed E-state index contributed by atoms with van der Waals surface area (Å²) in [5, 5.41) is 0. The van der Waals surface area contributed by atoms with E-state index in [1.807, 2.05) is 24.3 Å². The molecule has 2 heterocycles. The third kappa shape index (κ3) is 2.81. The number of hydrogen-bond donors (Lipinski definition) is 1. The van der Waals surface area contributed by atoms with Crippen LogP contribution in [0.5, 0.6) is 0 Å². The molecule has 1 aliphatic rings. The third-order valence-electron chi connectivity index (χ3n) is 4.04. The number of carbonyl (C=O) groups excluding carboxylic acids is 1. The van der Waals surface area contributed by atoms with Crippen LogP contribution in [-0.2, 0) is 0 Å². The molecule has 0 spiro atoms. The molecule has 0 radical (unpaired) electrons. The van der Waals surface area contributed by atoms with E-state index in [9.17, 15) is 4.79 Å².